The van der Waals surface area contributed by atoms with Gasteiger partial charge in [0.05, 0.1) is 13.7 Å². The third kappa shape index (κ3) is 3.92. The van der Waals surface area contributed by atoms with Gasteiger partial charge in [-0.2, -0.15) is 0 Å². The molecule has 3 N–H and O–H groups in total. The normalized spacial score (nSPS) is 11.9. The van der Waals surface area contributed by atoms with Crippen LogP contribution < -0.4 is 15.4 Å². The highest BCUT2D eigenvalue weighted by atomic mass is 16.5. The average molecular weight is 252 g/mol. The Kier molecular flexibility index (Phi) is 5.45. The van der Waals surface area contributed by atoms with Crippen molar-refractivity contribution in [1.82, 2.24) is 10.6 Å². The minimum absolute atomic E-state index is 0.0632. The number of hydrogen-bond acceptors (Lipinski definition) is 4. The van der Waals surface area contributed by atoms with Crippen molar-refractivity contribution < 1.29 is 14.6 Å². The van der Waals surface area contributed by atoms with Crippen molar-refractivity contribution in [3.05, 3.63) is 23.8 Å². The fourth-order valence-corrected chi connectivity index (χ4v) is 1.62. The Morgan fingerprint density at radius 1 is 1.50 bits per heavy atom. The standard InChI is InChI=1S/C13H20N2O3/c1-4-14-13(17)8-15-9(2)11-7-10(18-3)5-6-12(11)16/h5-7,9,15-16H,4,8H2,1-3H3,(H,14,17). The number of likely N-dealkylation sites (N-methyl/N-ethyl adjacent to an activating group) is 1. The molecule has 1 atom stereocenters. The van der Waals surface area contributed by atoms with Gasteiger partial charge in [-0.05, 0) is 32.0 Å². The van der Waals surface area contributed by atoms with Gasteiger partial charge in [0, 0.05) is 18.2 Å². The zero-order valence-corrected chi connectivity index (χ0v) is 11.0. The summed E-state index contributed by atoms with van der Waals surface area (Å²) in [5.41, 5.74) is 0.707. The number of methoxy groups -OCH3 is 1. The Morgan fingerprint density at radius 2 is 2.22 bits per heavy atom. The molecule has 0 spiro atoms. The first-order valence-corrected chi connectivity index (χ1v) is 5.95. The zero-order valence-electron chi connectivity index (χ0n) is 11.0. The minimum Gasteiger partial charge on any atom is -0.508 e. The molecule has 5 heteroatoms. The molecular formula is C13H20N2O3. The van der Waals surface area contributed by atoms with E-state index >= 15 is 0 Å². The second kappa shape index (κ2) is 6.86. The first kappa shape index (κ1) is 14.3. The van der Waals surface area contributed by atoms with E-state index in [1.807, 2.05) is 13.8 Å². The van der Waals surface area contributed by atoms with E-state index in [1.54, 1.807) is 25.3 Å². The number of hydrogen-bond donors (Lipinski definition) is 3. The van der Waals surface area contributed by atoms with E-state index in [1.165, 1.54) is 0 Å². The number of carbonyl (C=O) groups is 1. The fraction of sp³-hybridized carbons (Fsp3) is 0.462. The summed E-state index contributed by atoms with van der Waals surface area (Å²) in [7, 11) is 1.57. The number of amides is 1. The van der Waals surface area contributed by atoms with Gasteiger partial charge in [0.25, 0.3) is 0 Å². The number of aromatic hydroxyl groups is 1. The quantitative estimate of drug-likeness (QED) is 0.711. The van der Waals surface area contributed by atoms with Crippen LogP contribution in [0.4, 0.5) is 0 Å². The molecule has 0 heterocycles. The second-order valence-corrected chi connectivity index (χ2v) is 3.98. The highest BCUT2D eigenvalue weighted by molar-refractivity contribution is 5.77. The summed E-state index contributed by atoms with van der Waals surface area (Å²) >= 11 is 0. The highest BCUT2D eigenvalue weighted by Gasteiger charge is 2.12. The van der Waals surface area contributed by atoms with Crippen molar-refractivity contribution in [1.29, 1.82) is 0 Å². The van der Waals surface area contributed by atoms with Gasteiger partial charge in [0.15, 0.2) is 0 Å². The molecule has 1 unspecified atom stereocenters. The molecule has 1 amide bonds. The number of nitrogens with one attached hydrogen (secondary N) is 2. The summed E-state index contributed by atoms with van der Waals surface area (Å²) in [6.07, 6.45) is 0. The van der Waals surface area contributed by atoms with E-state index in [0.29, 0.717) is 17.9 Å². The Balaban J connectivity index is 2.65. The van der Waals surface area contributed by atoms with Crippen LogP contribution in [0, 0.1) is 0 Å². The third-order valence-electron chi connectivity index (χ3n) is 2.64. The maximum absolute atomic E-state index is 11.3. The van der Waals surface area contributed by atoms with Crippen LogP contribution >= 0.6 is 0 Å². The Hall–Kier alpha value is -1.75. The smallest absolute Gasteiger partial charge is 0.233 e. The SMILES string of the molecule is CCNC(=O)CNC(C)c1cc(OC)ccc1O. The minimum atomic E-state index is -0.136. The second-order valence-electron chi connectivity index (χ2n) is 3.98. The predicted octanol–water partition coefficient (Wildman–Crippen LogP) is 1.19. The molecule has 0 fully saturated rings. The summed E-state index contributed by atoms with van der Waals surface area (Å²) < 4.78 is 5.11. The molecular weight excluding hydrogens is 232 g/mol. The maximum Gasteiger partial charge on any atom is 0.233 e. The number of benzene rings is 1. The van der Waals surface area contributed by atoms with Crippen LogP contribution in [0.5, 0.6) is 11.5 Å². The lowest BCUT2D eigenvalue weighted by Crippen LogP contribution is -2.34. The van der Waals surface area contributed by atoms with Crippen LogP contribution in [0.15, 0.2) is 18.2 Å². The van der Waals surface area contributed by atoms with Crippen LogP contribution in [0.25, 0.3) is 0 Å². The van der Waals surface area contributed by atoms with E-state index in [4.69, 9.17) is 4.74 Å². The van der Waals surface area contributed by atoms with Crippen LogP contribution in [0.1, 0.15) is 25.5 Å². The molecule has 18 heavy (non-hydrogen) atoms. The lowest BCUT2D eigenvalue weighted by atomic mass is 10.1. The third-order valence-corrected chi connectivity index (χ3v) is 2.64. The van der Waals surface area contributed by atoms with E-state index in [-0.39, 0.29) is 24.2 Å². The number of phenolic OH excluding ortho intramolecular Hbond substituents is 1. The summed E-state index contributed by atoms with van der Waals surface area (Å²) in [5.74, 6) is 0.799. The van der Waals surface area contributed by atoms with Crippen LogP contribution in [0.3, 0.4) is 0 Å². The van der Waals surface area contributed by atoms with Crippen molar-refractivity contribution >= 4 is 5.91 Å². The number of carbonyl (C=O) groups excluding carboxylic acids is 1. The van der Waals surface area contributed by atoms with Gasteiger partial charge in [0.1, 0.15) is 11.5 Å². The number of ether oxygens (including phenoxy) is 1. The van der Waals surface area contributed by atoms with Crippen LogP contribution in [0.2, 0.25) is 0 Å². The first-order chi connectivity index (χ1) is 8.58. The largest absolute Gasteiger partial charge is 0.508 e. The molecule has 0 aliphatic rings. The fourth-order valence-electron chi connectivity index (χ4n) is 1.62. The van der Waals surface area contributed by atoms with E-state index in [9.17, 15) is 9.90 Å². The molecule has 1 aromatic carbocycles. The molecule has 0 aromatic heterocycles. The van der Waals surface area contributed by atoms with Crippen LogP contribution in [-0.4, -0.2) is 31.2 Å². The Labute approximate surface area is 107 Å². The maximum atomic E-state index is 11.3. The molecule has 0 saturated carbocycles. The van der Waals surface area contributed by atoms with Crippen molar-refractivity contribution in [2.45, 2.75) is 19.9 Å². The Bertz CT molecular complexity index is 407. The van der Waals surface area contributed by atoms with Crippen LogP contribution in [-0.2, 0) is 4.79 Å². The van der Waals surface area contributed by atoms with Gasteiger partial charge in [0.2, 0.25) is 5.91 Å². The van der Waals surface area contributed by atoms with E-state index in [0.717, 1.165) is 0 Å². The zero-order chi connectivity index (χ0) is 13.5. The van der Waals surface area contributed by atoms with E-state index in [2.05, 4.69) is 10.6 Å². The monoisotopic (exact) mass is 252 g/mol. The summed E-state index contributed by atoms with van der Waals surface area (Å²) in [6, 6.07) is 4.89. The van der Waals surface area contributed by atoms with Crippen molar-refractivity contribution in [3.8, 4) is 11.5 Å². The molecule has 1 rings (SSSR count). The Morgan fingerprint density at radius 3 is 2.83 bits per heavy atom. The summed E-state index contributed by atoms with van der Waals surface area (Å²) in [6.45, 7) is 4.58. The number of phenols is 1. The molecule has 0 aliphatic carbocycles. The average Bonchev–Trinajstić information content (AvgIpc) is 2.37. The predicted molar refractivity (Wildman–Crippen MR) is 69.8 cm³/mol. The van der Waals surface area contributed by atoms with Gasteiger partial charge >= 0.3 is 0 Å². The lowest BCUT2D eigenvalue weighted by Gasteiger charge is -2.16. The summed E-state index contributed by atoms with van der Waals surface area (Å²) in [4.78, 5) is 11.3. The molecule has 0 bridgehead atoms. The highest BCUT2D eigenvalue weighted by Crippen LogP contribution is 2.27. The lowest BCUT2D eigenvalue weighted by molar-refractivity contribution is -0.120. The topological polar surface area (TPSA) is 70.6 Å². The number of rotatable bonds is 6. The van der Waals surface area contributed by atoms with Gasteiger partial charge in [-0.25, -0.2) is 0 Å². The molecule has 0 aliphatic heterocycles. The molecule has 0 radical (unpaired) electrons. The summed E-state index contributed by atoms with van der Waals surface area (Å²) in [5, 5.41) is 15.5. The molecule has 5 nitrogen and oxygen atoms in total. The van der Waals surface area contributed by atoms with Gasteiger partial charge in [-0.1, -0.05) is 0 Å². The van der Waals surface area contributed by atoms with Crippen molar-refractivity contribution in [2.75, 3.05) is 20.2 Å². The van der Waals surface area contributed by atoms with E-state index < -0.39 is 0 Å². The van der Waals surface area contributed by atoms with Gasteiger partial charge < -0.3 is 20.5 Å². The molecule has 0 saturated heterocycles. The first-order valence-electron chi connectivity index (χ1n) is 5.95. The van der Waals surface area contributed by atoms with Gasteiger partial charge in [-0.15, -0.1) is 0 Å². The molecule has 1 aromatic rings. The van der Waals surface area contributed by atoms with Gasteiger partial charge in [-0.3, -0.25) is 4.79 Å². The van der Waals surface area contributed by atoms with Crippen molar-refractivity contribution in [2.24, 2.45) is 0 Å². The van der Waals surface area contributed by atoms with Crippen molar-refractivity contribution in [3.63, 3.8) is 0 Å². The molecule has 100 valence electrons.